The van der Waals surface area contributed by atoms with E-state index in [2.05, 4.69) is 42.6 Å². The second-order valence-corrected chi connectivity index (χ2v) is 1.82. The zero-order valence-corrected chi connectivity index (χ0v) is 5.84. The third-order valence-electron chi connectivity index (χ3n) is 1.10. The van der Waals surface area contributed by atoms with Crippen molar-refractivity contribution in [2.75, 3.05) is 0 Å². The Hall–Kier alpha value is -1.98. The highest BCUT2D eigenvalue weighted by atomic mass is 15.1. The van der Waals surface area contributed by atoms with Crippen LogP contribution in [0, 0.1) is 12.7 Å². The van der Waals surface area contributed by atoms with E-state index in [9.17, 15) is 0 Å². The van der Waals surface area contributed by atoms with Gasteiger partial charge in [0, 0.05) is 0 Å². The molecule has 0 atom stereocenters. The van der Waals surface area contributed by atoms with Crippen LogP contribution in [0.25, 0.3) is 11.6 Å². The number of nitrogens with zero attached hydrogens (tertiary/aromatic N) is 6. The molecule has 0 fully saturated rings. The number of aromatic nitrogens is 6. The van der Waals surface area contributed by atoms with Crippen LogP contribution < -0.4 is 0 Å². The number of hydrogen-bond acceptors (Lipinski definition) is 6. The topological polar surface area (TPSA) is 77.3 Å². The summed E-state index contributed by atoms with van der Waals surface area (Å²) in [6.07, 6.45) is 7.42. The summed E-state index contributed by atoms with van der Waals surface area (Å²) in [5, 5.41) is 0. The smallest absolute Gasteiger partial charge is 0.201 e. The Morgan fingerprint density at radius 2 is 1.33 bits per heavy atom. The van der Waals surface area contributed by atoms with Crippen molar-refractivity contribution in [3.63, 3.8) is 0 Å². The average molecular weight is 158 g/mol. The van der Waals surface area contributed by atoms with Gasteiger partial charge in [0.1, 0.15) is 12.7 Å². The lowest BCUT2D eigenvalue weighted by Gasteiger charge is -1.92. The maximum atomic E-state index is 3.82. The van der Waals surface area contributed by atoms with E-state index < -0.39 is 0 Å². The fourth-order valence-corrected chi connectivity index (χ4v) is 0.644. The summed E-state index contributed by atoms with van der Waals surface area (Å²) >= 11 is 0. The van der Waals surface area contributed by atoms with Crippen molar-refractivity contribution in [2.24, 2.45) is 0 Å². The molecule has 0 unspecified atom stereocenters. The Morgan fingerprint density at radius 1 is 0.833 bits per heavy atom. The minimum Gasteiger partial charge on any atom is -0.213 e. The number of rotatable bonds is 1. The Morgan fingerprint density at radius 3 is 1.67 bits per heavy atom. The molecule has 6 heteroatoms. The maximum absolute atomic E-state index is 3.82. The summed E-state index contributed by atoms with van der Waals surface area (Å²) in [5.41, 5.74) is 0. The van der Waals surface area contributed by atoms with Crippen molar-refractivity contribution in [2.45, 2.75) is 0 Å². The van der Waals surface area contributed by atoms with Crippen LogP contribution >= 0.6 is 0 Å². The summed E-state index contributed by atoms with van der Waals surface area (Å²) in [6.45, 7) is 0. The van der Waals surface area contributed by atoms with E-state index in [0.29, 0.717) is 11.6 Å². The van der Waals surface area contributed by atoms with Crippen molar-refractivity contribution in [1.82, 2.24) is 29.9 Å². The Kier molecular flexibility index (Phi) is 1.65. The minimum atomic E-state index is 0.364. The normalized spacial score (nSPS) is 9.67. The molecule has 12 heavy (non-hydrogen) atoms. The quantitative estimate of drug-likeness (QED) is 0.547. The zero-order chi connectivity index (χ0) is 8.23. The van der Waals surface area contributed by atoms with Crippen molar-refractivity contribution < 1.29 is 0 Å². The first-order valence-corrected chi connectivity index (χ1v) is 3.07. The van der Waals surface area contributed by atoms with Gasteiger partial charge in [0.15, 0.2) is 0 Å². The molecule has 0 aliphatic carbocycles. The zero-order valence-electron chi connectivity index (χ0n) is 5.84. The third kappa shape index (κ3) is 1.22. The van der Waals surface area contributed by atoms with E-state index in [1.807, 2.05) is 0 Å². The van der Waals surface area contributed by atoms with Crippen LogP contribution in [0.1, 0.15) is 0 Å². The molecule has 0 aliphatic heterocycles. The molecule has 56 valence electrons. The van der Waals surface area contributed by atoms with Crippen molar-refractivity contribution >= 4 is 0 Å². The van der Waals surface area contributed by atoms with E-state index in [-0.39, 0.29) is 0 Å². The van der Waals surface area contributed by atoms with Gasteiger partial charge in [0.2, 0.25) is 24.3 Å². The second kappa shape index (κ2) is 2.95. The molecule has 0 aromatic carbocycles. The van der Waals surface area contributed by atoms with E-state index in [1.54, 1.807) is 0 Å². The monoisotopic (exact) mass is 158 g/mol. The summed E-state index contributed by atoms with van der Waals surface area (Å²) in [6, 6.07) is 0. The van der Waals surface area contributed by atoms with Crippen LogP contribution in [0.2, 0.25) is 0 Å². The molecule has 6 nitrogen and oxygen atoms in total. The van der Waals surface area contributed by atoms with Gasteiger partial charge < -0.3 is 0 Å². The Labute approximate surface area is 67.8 Å². The predicted octanol–water partition coefficient (Wildman–Crippen LogP) is -0.676. The minimum absolute atomic E-state index is 0.364. The molecule has 0 saturated carbocycles. The van der Waals surface area contributed by atoms with Gasteiger partial charge in [-0.3, -0.25) is 0 Å². The second-order valence-electron chi connectivity index (χ2n) is 1.82. The van der Waals surface area contributed by atoms with E-state index in [1.165, 1.54) is 12.7 Å². The summed E-state index contributed by atoms with van der Waals surface area (Å²) in [4.78, 5) is 22.2. The molecule has 0 saturated heterocycles. The Balaban J connectivity index is 2.46. The Bertz CT molecular complexity index is 309. The highest BCUT2D eigenvalue weighted by molar-refractivity contribution is 5.39. The standard InChI is InChI=1S/C6H2N6/c1-7-2-10-5(9-1)6-11-3-8-4-12-6/h1,3H. The lowest BCUT2D eigenvalue weighted by molar-refractivity contribution is 0.974. The van der Waals surface area contributed by atoms with E-state index >= 15 is 0 Å². The molecule has 2 heterocycles. The predicted molar refractivity (Wildman–Crippen MR) is 36.3 cm³/mol. The van der Waals surface area contributed by atoms with Crippen LogP contribution in [0.4, 0.5) is 0 Å². The van der Waals surface area contributed by atoms with E-state index in [4.69, 9.17) is 0 Å². The van der Waals surface area contributed by atoms with Crippen LogP contribution in [0.5, 0.6) is 0 Å². The third-order valence-corrected chi connectivity index (χ3v) is 1.10. The summed E-state index contributed by atoms with van der Waals surface area (Å²) in [5.74, 6) is 0.729. The van der Waals surface area contributed by atoms with Crippen molar-refractivity contribution in [1.29, 1.82) is 0 Å². The molecule has 2 radical (unpaired) electrons. The highest BCUT2D eigenvalue weighted by Gasteiger charge is 2.01. The molecule has 0 spiro atoms. The van der Waals surface area contributed by atoms with Gasteiger partial charge in [-0.25, -0.2) is 29.9 Å². The van der Waals surface area contributed by atoms with Crippen LogP contribution in [-0.4, -0.2) is 29.9 Å². The van der Waals surface area contributed by atoms with Gasteiger partial charge in [0.05, 0.1) is 0 Å². The van der Waals surface area contributed by atoms with Crippen LogP contribution in [-0.2, 0) is 0 Å². The largest absolute Gasteiger partial charge is 0.213 e. The molecule has 0 N–H and O–H groups in total. The van der Waals surface area contributed by atoms with Crippen LogP contribution in [0.15, 0.2) is 12.7 Å². The van der Waals surface area contributed by atoms with Crippen molar-refractivity contribution in [3.8, 4) is 11.6 Å². The first kappa shape index (κ1) is 6.71. The van der Waals surface area contributed by atoms with Gasteiger partial charge in [-0.2, -0.15) is 0 Å². The van der Waals surface area contributed by atoms with Crippen molar-refractivity contribution in [3.05, 3.63) is 25.3 Å². The maximum Gasteiger partial charge on any atom is 0.201 e. The molecule has 0 aliphatic rings. The van der Waals surface area contributed by atoms with Gasteiger partial charge >= 0.3 is 0 Å². The first-order chi connectivity index (χ1) is 5.97. The molecule has 2 aromatic rings. The van der Waals surface area contributed by atoms with E-state index in [0.717, 1.165) is 0 Å². The summed E-state index contributed by atoms with van der Waals surface area (Å²) < 4.78 is 0. The molecule has 2 aromatic heterocycles. The average Bonchev–Trinajstić information content (AvgIpc) is 2.21. The SMILES string of the molecule is [c]1ncnc(-c2n[c]ncn2)n1. The van der Waals surface area contributed by atoms with Gasteiger partial charge in [-0.05, 0) is 0 Å². The fraction of sp³-hybridized carbons (Fsp3) is 0. The fourth-order valence-electron chi connectivity index (χ4n) is 0.644. The number of hydrogen-bond donors (Lipinski definition) is 0. The first-order valence-electron chi connectivity index (χ1n) is 3.07. The molecule has 0 bridgehead atoms. The lowest BCUT2D eigenvalue weighted by atomic mass is 10.5. The summed E-state index contributed by atoms with van der Waals surface area (Å²) in [7, 11) is 0. The van der Waals surface area contributed by atoms with Crippen LogP contribution in [0.3, 0.4) is 0 Å². The van der Waals surface area contributed by atoms with Gasteiger partial charge in [0.25, 0.3) is 0 Å². The van der Waals surface area contributed by atoms with Gasteiger partial charge in [-0.1, -0.05) is 0 Å². The lowest BCUT2D eigenvalue weighted by Crippen LogP contribution is -1.95. The molecule has 0 amide bonds. The van der Waals surface area contributed by atoms with Gasteiger partial charge in [-0.15, -0.1) is 0 Å². The molecular weight excluding hydrogens is 156 g/mol. The molecular formula is C6H2N6. The highest BCUT2D eigenvalue weighted by Crippen LogP contribution is 2.01. The molecule has 2 rings (SSSR count).